The molecule has 16 heavy (non-hydrogen) atoms. The largest absolute Gasteiger partial charge is 0.453 e. The Morgan fingerprint density at radius 2 is 2.38 bits per heavy atom. The zero-order valence-corrected chi connectivity index (χ0v) is 9.23. The number of alkyl carbamates (subject to hydrolysis) is 1. The second-order valence-corrected chi connectivity index (χ2v) is 3.52. The molecule has 1 aromatic heterocycles. The van der Waals surface area contributed by atoms with Crippen LogP contribution in [0.2, 0.25) is 0 Å². The summed E-state index contributed by atoms with van der Waals surface area (Å²) in [5, 5.41) is 2.62. The van der Waals surface area contributed by atoms with Gasteiger partial charge in [-0.25, -0.2) is 9.78 Å². The highest BCUT2D eigenvalue weighted by atomic mass is 16.5. The molecule has 0 bridgehead atoms. The molecule has 0 aliphatic rings. The van der Waals surface area contributed by atoms with Gasteiger partial charge in [0.05, 0.1) is 24.5 Å². The number of fused-ring (bicyclic) bond motifs is 1. The molecule has 0 unspecified atom stereocenters. The van der Waals surface area contributed by atoms with E-state index in [2.05, 4.69) is 15.0 Å². The summed E-state index contributed by atoms with van der Waals surface area (Å²) in [6.07, 6.45) is 1.34. The lowest BCUT2D eigenvalue weighted by Crippen LogP contribution is -2.22. The maximum atomic E-state index is 10.9. The van der Waals surface area contributed by atoms with Gasteiger partial charge in [-0.3, -0.25) is 0 Å². The Kier molecular flexibility index (Phi) is 2.76. The fourth-order valence-corrected chi connectivity index (χ4v) is 1.54. The fourth-order valence-electron chi connectivity index (χ4n) is 1.54. The van der Waals surface area contributed by atoms with Gasteiger partial charge in [-0.15, -0.1) is 0 Å². The predicted molar refractivity (Wildman–Crippen MR) is 60.0 cm³/mol. The minimum atomic E-state index is -0.430. The van der Waals surface area contributed by atoms with Crippen LogP contribution < -0.4 is 5.32 Å². The minimum Gasteiger partial charge on any atom is -0.453 e. The Bertz CT molecular complexity index is 519. The SMILES string of the molecule is COC(=O)NCc1ccc2c(c1)ncn2C. The molecule has 84 valence electrons. The van der Waals surface area contributed by atoms with E-state index in [1.807, 2.05) is 29.8 Å². The summed E-state index contributed by atoms with van der Waals surface area (Å²) in [6.45, 7) is 0.444. The molecule has 1 aromatic carbocycles. The van der Waals surface area contributed by atoms with Crippen molar-refractivity contribution >= 4 is 17.1 Å². The van der Waals surface area contributed by atoms with Crippen LogP contribution >= 0.6 is 0 Å². The molecule has 0 atom stereocenters. The van der Waals surface area contributed by atoms with Crippen LogP contribution in [0.4, 0.5) is 4.79 Å². The first-order valence-electron chi connectivity index (χ1n) is 4.92. The van der Waals surface area contributed by atoms with E-state index in [4.69, 9.17) is 0 Å². The van der Waals surface area contributed by atoms with Crippen molar-refractivity contribution in [1.29, 1.82) is 0 Å². The van der Waals surface area contributed by atoms with Gasteiger partial charge in [0.2, 0.25) is 0 Å². The van der Waals surface area contributed by atoms with E-state index < -0.39 is 6.09 Å². The lowest BCUT2D eigenvalue weighted by atomic mass is 10.2. The van der Waals surface area contributed by atoms with Crippen LogP contribution in [0.5, 0.6) is 0 Å². The molecule has 0 fully saturated rings. The predicted octanol–water partition coefficient (Wildman–Crippen LogP) is 1.43. The summed E-state index contributed by atoms with van der Waals surface area (Å²) in [4.78, 5) is 15.1. The minimum absolute atomic E-state index is 0.430. The van der Waals surface area contributed by atoms with Gasteiger partial charge in [-0.2, -0.15) is 0 Å². The Balaban J connectivity index is 2.17. The molecule has 0 aliphatic heterocycles. The van der Waals surface area contributed by atoms with Crippen LogP contribution in [0, 0.1) is 0 Å². The molecule has 1 heterocycles. The lowest BCUT2D eigenvalue weighted by Gasteiger charge is -2.03. The molecule has 2 rings (SSSR count). The number of nitrogens with one attached hydrogen (secondary N) is 1. The normalized spacial score (nSPS) is 10.4. The molecule has 0 spiro atoms. The van der Waals surface area contributed by atoms with E-state index in [-0.39, 0.29) is 0 Å². The van der Waals surface area contributed by atoms with Crippen molar-refractivity contribution in [2.45, 2.75) is 6.54 Å². The lowest BCUT2D eigenvalue weighted by molar-refractivity contribution is 0.170. The Hall–Kier alpha value is -2.04. The number of aryl methyl sites for hydroxylation is 1. The average molecular weight is 219 g/mol. The number of aromatic nitrogens is 2. The van der Waals surface area contributed by atoms with Crippen molar-refractivity contribution in [3.8, 4) is 0 Å². The number of hydrogen-bond acceptors (Lipinski definition) is 3. The third kappa shape index (κ3) is 1.98. The first-order valence-corrected chi connectivity index (χ1v) is 4.92. The smallest absolute Gasteiger partial charge is 0.407 e. The monoisotopic (exact) mass is 219 g/mol. The Morgan fingerprint density at radius 1 is 1.56 bits per heavy atom. The number of imidazole rings is 1. The maximum Gasteiger partial charge on any atom is 0.407 e. The van der Waals surface area contributed by atoms with Crippen molar-refractivity contribution in [1.82, 2.24) is 14.9 Å². The number of methoxy groups -OCH3 is 1. The van der Waals surface area contributed by atoms with Crippen molar-refractivity contribution in [2.24, 2.45) is 7.05 Å². The number of nitrogens with zero attached hydrogens (tertiary/aromatic N) is 2. The van der Waals surface area contributed by atoms with Crippen molar-refractivity contribution in [3.05, 3.63) is 30.1 Å². The Labute approximate surface area is 93.0 Å². The van der Waals surface area contributed by atoms with E-state index in [0.29, 0.717) is 6.54 Å². The van der Waals surface area contributed by atoms with Crippen molar-refractivity contribution in [2.75, 3.05) is 7.11 Å². The standard InChI is InChI=1S/C11H13N3O2/c1-14-7-13-9-5-8(3-4-10(9)14)6-12-11(15)16-2/h3-5,7H,6H2,1-2H3,(H,12,15). The quantitative estimate of drug-likeness (QED) is 0.831. The molecule has 1 amide bonds. The number of hydrogen-bond donors (Lipinski definition) is 1. The molecule has 0 saturated carbocycles. The highest BCUT2D eigenvalue weighted by Gasteiger charge is 2.02. The number of benzene rings is 1. The summed E-state index contributed by atoms with van der Waals surface area (Å²) >= 11 is 0. The summed E-state index contributed by atoms with van der Waals surface area (Å²) in [7, 11) is 3.29. The number of rotatable bonds is 2. The zero-order valence-electron chi connectivity index (χ0n) is 9.23. The first-order chi connectivity index (χ1) is 7.70. The second-order valence-electron chi connectivity index (χ2n) is 3.52. The topological polar surface area (TPSA) is 56.1 Å². The van der Waals surface area contributed by atoms with Crippen molar-refractivity contribution < 1.29 is 9.53 Å². The first kappa shape index (κ1) is 10.5. The summed E-state index contributed by atoms with van der Waals surface area (Å²) in [6, 6.07) is 5.89. The Morgan fingerprint density at radius 3 is 3.12 bits per heavy atom. The maximum absolute atomic E-state index is 10.9. The van der Waals surface area contributed by atoms with Gasteiger partial charge in [0, 0.05) is 13.6 Å². The molecule has 0 saturated heterocycles. The fraction of sp³-hybridized carbons (Fsp3) is 0.273. The van der Waals surface area contributed by atoms with Crippen LogP contribution in [0.25, 0.3) is 11.0 Å². The van der Waals surface area contributed by atoms with Gasteiger partial charge in [0.15, 0.2) is 0 Å². The number of carbonyl (C=O) groups is 1. The van der Waals surface area contributed by atoms with Gasteiger partial charge in [0.1, 0.15) is 0 Å². The molecule has 1 N–H and O–H groups in total. The van der Waals surface area contributed by atoms with Crippen LogP contribution in [0.15, 0.2) is 24.5 Å². The van der Waals surface area contributed by atoms with E-state index in [1.165, 1.54) is 7.11 Å². The molecule has 0 radical (unpaired) electrons. The van der Waals surface area contributed by atoms with Gasteiger partial charge < -0.3 is 14.6 Å². The van der Waals surface area contributed by atoms with E-state index in [1.54, 1.807) is 6.33 Å². The summed E-state index contributed by atoms with van der Waals surface area (Å²) < 4.78 is 6.44. The van der Waals surface area contributed by atoms with Gasteiger partial charge >= 0.3 is 6.09 Å². The van der Waals surface area contributed by atoms with E-state index in [9.17, 15) is 4.79 Å². The third-order valence-electron chi connectivity index (χ3n) is 2.41. The van der Waals surface area contributed by atoms with Gasteiger partial charge in [-0.1, -0.05) is 6.07 Å². The summed E-state index contributed by atoms with van der Waals surface area (Å²) in [5.74, 6) is 0. The summed E-state index contributed by atoms with van der Waals surface area (Å²) in [5.41, 5.74) is 2.99. The van der Waals surface area contributed by atoms with Crippen LogP contribution in [0.3, 0.4) is 0 Å². The van der Waals surface area contributed by atoms with Gasteiger partial charge in [0.25, 0.3) is 0 Å². The number of carbonyl (C=O) groups excluding carboxylic acids is 1. The van der Waals surface area contributed by atoms with Gasteiger partial charge in [-0.05, 0) is 17.7 Å². The van der Waals surface area contributed by atoms with E-state index in [0.717, 1.165) is 16.6 Å². The zero-order chi connectivity index (χ0) is 11.5. The van der Waals surface area contributed by atoms with Crippen LogP contribution in [0.1, 0.15) is 5.56 Å². The van der Waals surface area contributed by atoms with Crippen molar-refractivity contribution in [3.63, 3.8) is 0 Å². The molecular formula is C11H13N3O2. The highest BCUT2D eigenvalue weighted by molar-refractivity contribution is 5.76. The molecule has 5 nitrogen and oxygen atoms in total. The highest BCUT2D eigenvalue weighted by Crippen LogP contribution is 2.13. The average Bonchev–Trinajstić information content (AvgIpc) is 2.67. The third-order valence-corrected chi connectivity index (χ3v) is 2.41. The molecular weight excluding hydrogens is 206 g/mol. The molecule has 5 heteroatoms. The van der Waals surface area contributed by atoms with E-state index >= 15 is 0 Å². The second kappa shape index (κ2) is 4.22. The van der Waals surface area contributed by atoms with Crippen LogP contribution in [-0.2, 0) is 18.3 Å². The number of amides is 1. The molecule has 2 aromatic rings. The number of ether oxygens (including phenoxy) is 1. The van der Waals surface area contributed by atoms with Crippen LogP contribution in [-0.4, -0.2) is 22.8 Å². The molecule has 0 aliphatic carbocycles.